The lowest BCUT2D eigenvalue weighted by atomic mass is 10.1. The molecule has 0 aliphatic rings. The number of rotatable bonds is 2. The van der Waals surface area contributed by atoms with Crippen molar-refractivity contribution in [1.29, 1.82) is 0 Å². The number of H-pyrrole nitrogens is 1. The zero-order chi connectivity index (χ0) is 10.7. The molecule has 0 spiro atoms. The summed E-state index contributed by atoms with van der Waals surface area (Å²) in [5.41, 5.74) is 2.98. The van der Waals surface area contributed by atoms with Gasteiger partial charge in [0.1, 0.15) is 0 Å². The van der Waals surface area contributed by atoms with Gasteiger partial charge in [-0.25, -0.2) is 4.98 Å². The molecule has 2 rings (SSSR count). The third-order valence-corrected chi connectivity index (χ3v) is 2.31. The van der Waals surface area contributed by atoms with Gasteiger partial charge in [0.15, 0.2) is 0 Å². The Morgan fingerprint density at radius 1 is 1.27 bits per heavy atom. The lowest BCUT2D eigenvalue weighted by molar-refractivity contribution is 1.02. The number of aryl methyl sites for hydroxylation is 1. The van der Waals surface area contributed by atoms with E-state index in [1.54, 1.807) is 6.20 Å². The lowest BCUT2D eigenvalue weighted by Crippen LogP contribution is -2.12. The number of nitrogens with zero attached hydrogens (tertiary/aromatic N) is 1. The summed E-state index contributed by atoms with van der Waals surface area (Å²) in [6, 6.07) is 8.14. The molecule has 2 aromatic rings. The fraction of sp³-hybridized carbons (Fsp3) is 0.167. The first-order valence-corrected chi connectivity index (χ1v) is 4.83. The van der Waals surface area contributed by atoms with Crippen molar-refractivity contribution in [3.8, 4) is 0 Å². The summed E-state index contributed by atoms with van der Waals surface area (Å²) >= 11 is 0. The van der Waals surface area contributed by atoms with E-state index < -0.39 is 0 Å². The van der Waals surface area contributed by atoms with E-state index in [4.69, 9.17) is 0 Å². The molecule has 0 bridgehead atoms. The average Bonchev–Trinajstić information content (AvgIpc) is 2.25. The topological polar surface area (TPSA) is 45.8 Å². The van der Waals surface area contributed by atoms with Crippen LogP contribution >= 0.6 is 0 Å². The minimum Gasteiger partial charge on any atom is -0.313 e. The van der Waals surface area contributed by atoms with Gasteiger partial charge in [0.2, 0.25) is 0 Å². The second-order valence-corrected chi connectivity index (χ2v) is 3.57. The van der Waals surface area contributed by atoms with E-state index in [0.29, 0.717) is 12.0 Å². The number of aromatic nitrogens is 2. The lowest BCUT2D eigenvalue weighted by Gasteiger charge is -2.00. The molecule has 0 radical (unpaired) electrons. The maximum Gasteiger partial charge on any atom is 0.254 e. The third kappa shape index (κ3) is 2.31. The molecule has 3 nitrogen and oxygen atoms in total. The van der Waals surface area contributed by atoms with Crippen molar-refractivity contribution < 1.29 is 0 Å². The molecule has 15 heavy (non-hydrogen) atoms. The highest BCUT2D eigenvalue weighted by Crippen LogP contribution is 2.06. The normalized spacial score (nSPS) is 10.2. The fourth-order valence-electron chi connectivity index (χ4n) is 1.43. The third-order valence-electron chi connectivity index (χ3n) is 2.31. The van der Waals surface area contributed by atoms with Crippen LogP contribution in [0.1, 0.15) is 16.7 Å². The van der Waals surface area contributed by atoms with Crippen LogP contribution in [0.5, 0.6) is 0 Å². The fourth-order valence-corrected chi connectivity index (χ4v) is 1.43. The smallest absolute Gasteiger partial charge is 0.254 e. The van der Waals surface area contributed by atoms with Gasteiger partial charge in [0.25, 0.3) is 5.56 Å². The van der Waals surface area contributed by atoms with Crippen LogP contribution in [0.25, 0.3) is 0 Å². The van der Waals surface area contributed by atoms with Gasteiger partial charge in [-0.05, 0) is 12.5 Å². The van der Waals surface area contributed by atoms with Crippen molar-refractivity contribution in [1.82, 2.24) is 9.97 Å². The molecular weight excluding hydrogens is 188 g/mol. The van der Waals surface area contributed by atoms with Gasteiger partial charge < -0.3 is 4.98 Å². The predicted octanol–water partition coefficient (Wildman–Crippen LogP) is 1.67. The van der Waals surface area contributed by atoms with E-state index >= 15 is 0 Å². The standard InChI is InChI=1S/C12H12N2O/c1-9-2-4-10(5-3-9)6-11-7-13-8-14-12(11)15/h2-5,7-8H,6H2,1H3,(H,13,14,15). The molecule has 1 aromatic heterocycles. The molecule has 1 heterocycles. The Kier molecular flexibility index (Phi) is 2.63. The zero-order valence-corrected chi connectivity index (χ0v) is 8.53. The Morgan fingerprint density at radius 3 is 2.67 bits per heavy atom. The Bertz CT molecular complexity index is 500. The Morgan fingerprint density at radius 2 is 2.00 bits per heavy atom. The van der Waals surface area contributed by atoms with Crippen LogP contribution in [0, 0.1) is 6.92 Å². The summed E-state index contributed by atoms with van der Waals surface area (Å²) in [6.45, 7) is 2.04. The van der Waals surface area contributed by atoms with E-state index in [-0.39, 0.29) is 5.56 Å². The summed E-state index contributed by atoms with van der Waals surface area (Å²) in [5, 5.41) is 0. The Labute approximate surface area is 87.8 Å². The summed E-state index contributed by atoms with van der Waals surface area (Å²) < 4.78 is 0. The van der Waals surface area contributed by atoms with E-state index in [1.165, 1.54) is 11.9 Å². The van der Waals surface area contributed by atoms with Gasteiger partial charge in [-0.15, -0.1) is 0 Å². The summed E-state index contributed by atoms with van der Waals surface area (Å²) in [5.74, 6) is 0. The summed E-state index contributed by atoms with van der Waals surface area (Å²) in [7, 11) is 0. The molecule has 0 saturated heterocycles. The maximum atomic E-state index is 11.4. The molecule has 3 heteroatoms. The van der Waals surface area contributed by atoms with E-state index in [2.05, 4.69) is 9.97 Å². The molecule has 0 saturated carbocycles. The minimum atomic E-state index is -0.0643. The van der Waals surface area contributed by atoms with Crippen LogP contribution < -0.4 is 5.56 Å². The molecule has 0 fully saturated rings. The highest BCUT2D eigenvalue weighted by molar-refractivity contribution is 5.25. The summed E-state index contributed by atoms with van der Waals surface area (Å²) in [6.07, 6.45) is 3.64. The number of hydrogen-bond donors (Lipinski definition) is 1. The van der Waals surface area contributed by atoms with Crippen molar-refractivity contribution in [3.63, 3.8) is 0 Å². The van der Waals surface area contributed by atoms with Crippen molar-refractivity contribution in [2.75, 3.05) is 0 Å². The van der Waals surface area contributed by atoms with E-state index in [1.807, 2.05) is 31.2 Å². The number of nitrogens with one attached hydrogen (secondary N) is 1. The average molecular weight is 200 g/mol. The second kappa shape index (κ2) is 4.09. The van der Waals surface area contributed by atoms with Crippen LogP contribution in [0.4, 0.5) is 0 Å². The van der Waals surface area contributed by atoms with Gasteiger partial charge in [-0.1, -0.05) is 29.8 Å². The molecule has 1 aromatic carbocycles. The zero-order valence-electron chi connectivity index (χ0n) is 8.53. The second-order valence-electron chi connectivity index (χ2n) is 3.57. The number of hydrogen-bond acceptors (Lipinski definition) is 2. The molecule has 0 aliphatic carbocycles. The van der Waals surface area contributed by atoms with Crippen LogP contribution in [-0.2, 0) is 6.42 Å². The van der Waals surface area contributed by atoms with Gasteiger partial charge in [0, 0.05) is 18.2 Å². The maximum absolute atomic E-state index is 11.4. The molecule has 1 N–H and O–H groups in total. The van der Waals surface area contributed by atoms with Crippen molar-refractivity contribution in [2.24, 2.45) is 0 Å². The SMILES string of the molecule is Cc1ccc(Cc2cnc[nH]c2=O)cc1. The van der Waals surface area contributed by atoms with Gasteiger partial charge in [-0.2, -0.15) is 0 Å². The first kappa shape index (κ1) is 9.65. The summed E-state index contributed by atoms with van der Waals surface area (Å²) in [4.78, 5) is 17.9. The van der Waals surface area contributed by atoms with Crippen LogP contribution in [0.3, 0.4) is 0 Å². The molecule has 0 amide bonds. The van der Waals surface area contributed by atoms with E-state index in [9.17, 15) is 4.79 Å². The highest BCUT2D eigenvalue weighted by Gasteiger charge is 2.00. The Balaban J connectivity index is 2.26. The van der Waals surface area contributed by atoms with E-state index in [0.717, 1.165) is 5.56 Å². The van der Waals surface area contributed by atoms with Crippen LogP contribution in [0.15, 0.2) is 41.6 Å². The Hall–Kier alpha value is -1.90. The molecule has 0 aliphatic heterocycles. The van der Waals surface area contributed by atoms with Gasteiger partial charge >= 0.3 is 0 Å². The predicted molar refractivity (Wildman–Crippen MR) is 58.8 cm³/mol. The first-order chi connectivity index (χ1) is 7.25. The van der Waals surface area contributed by atoms with Crippen LogP contribution in [0.2, 0.25) is 0 Å². The minimum absolute atomic E-state index is 0.0643. The van der Waals surface area contributed by atoms with Crippen molar-refractivity contribution >= 4 is 0 Å². The monoisotopic (exact) mass is 200 g/mol. The number of aromatic amines is 1. The molecule has 0 atom stereocenters. The van der Waals surface area contributed by atoms with Gasteiger partial charge in [-0.3, -0.25) is 4.79 Å². The first-order valence-electron chi connectivity index (χ1n) is 4.83. The molecule has 76 valence electrons. The highest BCUT2D eigenvalue weighted by atomic mass is 16.1. The molecule has 0 unspecified atom stereocenters. The van der Waals surface area contributed by atoms with Crippen molar-refractivity contribution in [3.05, 3.63) is 63.8 Å². The largest absolute Gasteiger partial charge is 0.313 e. The quantitative estimate of drug-likeness (QED) is 0.801. The molecular formula is C12H12N2O. The van der Waals surface area contributed by atoms with Crippen molar-refractivity contribution in [2.45, 2.75) is 13.3 Å². The number of benzene rings is 1. The van der Waals surface area contributed by atoms with Crippen LogP contribution in [-0.4, -0.2) is 9.97 Å². The van der Waals surface area contributed by atoms with Gasteiger partial charge in [0.05, 0.1) is 6.33 Å².